The molecule has 3 aromatic rings. The van der Waals surface area contributed by atoms with E-state index in [0.717, 1.165) is 27.9 Å². The number of H-pyrrole nitrogens is 1. The average Bonchev–Trinajstić information content (AvgIpc) is 2.80. The first-order chi connectivity index (χ1) is 8.58. The van der Waals surface area contributed by atoms with Gasteiger partial charge in [0.2, 0.25) is 0 Å². The number of nitrogens with one attached hydrogen (secondary N) is 1. The maximum Gasteiger partial charge on any atom is 0.0932 e. The zero-order chi connectivity index (χ0) is 12.9. The number of aromatic amines is 1. The summed E-state index contributed by atoms with van der Waals surface area (Å²) in [4.78, 5) is 3.34. The minimum absolute atomic E-state index is 0.668. The number of nitrogens with zero attached hydrogens (tertiary/aromatic N) is 2. The number of rotatable bonds is 1. The van der Waals surface area contributed by atoms with E-state index in [0.29, 0.717) is 10.7 Å². The van der Waals surface area contributed by atoms with E-state index >= 15 is 0 Å². The van der Waals surface area contributed by atoms with Gasteiger partial charge in [-0.1, -0.05) is 11.6 Å². The van der Waals surface area contributed by atoms with E-state index in [4.69, 9.17) is 17.3 Å². The predicted octanol–water partition coefficient (Wildman–Crippen LogP) is 3.11. The summed E-state index contributed by atoms with van der Waals surface area (Å²) in [7, 11) is 1.88. The number of aromatic nitrogens is 3. The second-order valence-electron chi connectivity index (χ2n) is 4.39. The van der Waals surface area contributed by atoms with E-state index in [-0.39, 0.29) is 0 Å². The zero-order valence-corrected chi connectivity index (χ0v) is 10.9. The van der Waals surface area contributed by atoms with Crippen LogP contribution in [0.1, 0.15) is 5.69 Å². The van der Waals surface area contributed by atoms with Gasteiger partial charge < -0.3 is 10.7 Å². The number of nitrogens with two attached hydrogens (primary N) is 1. The van der Waals surface area contributed by atoms with E-state index in [9.17, 15) is 0 Å². The molecule has 3 N–H and O–H groups in total. The van der Waals surface area contributed by atoms with Crippen molar-refractivity contribution in [2.45, 2.75) is 6.92 Å². The van der Waals surface area contributed by atoms with Gasteiger partial charge in [0.05, 0.1) is 17.6 Å². The molecule has 2 aromatic heterocycles. The lowest BCUT2D eigenvalue weighted by Crippen LogP contribution is -1.96. The van der Waals surface area contributed by atoms with Crippen molar-refractivity contribution >= 4 is 28.2 Å². The Morgan fingerprint density at radius 3 is 2.83 bits per heavy atom. The molecular formula is C13H13ClN4. The highest BCUT2D eigenvalue weighted by molar-refractivity contribution is 6.31. The average molecular weight is 261 g/mol. The minimum Gasteiger partial charge on any atom is -0.396 e. The number of aryl methyl sites for hydroxylation is 2. The monoisotopic (exact) mass is 260 g/mol. The lowest BCUT2D eigenvalue weighted by Gasteiger charge is -2.04. The Kier molecular flexibility index (Phi) is 2.35. The lowest BCUT2D eigenvalue weighted by atomic mass is 10.1. The van der Waals surface area contributed by atoms with E-state index in [1.54, 1.807) is 10.9 Å². The molecule has 0 atom stereocenters. The highest BCUT2D eigenvalue weighted by Crippen LogP contribution is 2.36. The number of hydrogen-bond donors (Lipinski definition) is 2. The maximum absolute atomic E-state index is 6.07. The molecule has 0 amide bonds. The van der Waals surface area contributed by atoms with Gasteiger partial charge in [0.15, 0.2) is 0 Å². The Hall–Kier alpha value is -1.94. The molecule has 0 aliphatic heterocycles. The van der Waals surface area contributed by atoms with Crippen LogP contribution >= 0.6 is 11.6 Å². The molecular weight excluding hydrogens is 248 g/mol. The van der Waals surface area contributed by atoms with E-state index in [1.165, 1.54) is 0 Å². The first kappa shape index (κ1) is 11.2. The highest BCUT2D eigenvalue weighted by atomic mass is 35.5. The molecule has 0 spiro atoms. The predicted molar refractivity (Wildman–Crippen MR) is 74.7 cm³/mol. The summed E-state index contributed by atoms with van der Waals surface area (Å²) in [6.45, 7) is 2.02. The summed E-state index contributed by atoms with van der Waals surface area (Å²) in [6.07, 6.45) is 1.66. The van der Waals surface area contributed by atoms with Crippen LogP contribution < -0.4 is 5.73 Å². The number of anilines is 1. The van der Waals surface area contributed by atoms with Crippen molar-refractivity contribution in [3.8, 4) is 11.3 Å². The van der Waals surface area contributed by atoms with E-state index in [2.05, 4.69) is 10.1 Å². The minimum atomic E-state index is 0.668. The number of fused-ring (bicyclic) bond motifs is 1. The standard InChI is InChI=1S/C13H13ClN4/c1-7-12(13-10(15)6-16-18(13)2)9-5-8(14)3-4-11(9)17-7/h3-6,17H,15H2,1-2H3. The SMILES string of the molecule is Cc1[nH]c2ccc(Cl)cc2c1-c1c(N)cnn1C. The molecule has 0 bridgehead atoms. The van der Waals surface area contributed by atoms with Gasteiger partial charge in [0.1, 0.15) is 0 Å². The molecule has 2 heterocycles. The molecule has 0 radical (unpaired) electrons. The summed E-state index contributed by atoms with van der Waals surface area (Å²) >= 11 is 6.07. The topological polar surface area (TPSA) is 59.6 Å². The fraction of sp³-hybridized carbons (Fsp3) is 0.154. The van der Waals surface area contributed by atoms with Gasteiger partial charge in [-0.25, -0.2) is 0 Å². The number of hydrogen-bond acceptors (Lipinski definition) is 2. The Bertz CT molecular complexity index is 719. The van der Waals surface area contributed by atoms with Crippen molar-refractivity contribution in [1.82, 2.24) is 14.8 Å². The van der Waals surface area contributed by atoms with Crippen LogP contribution in [0.3, 0.4) is 0 Å². The quantitative estimate of drug-likeness (QED) is 0.706. The van der Waals surface area contributed by atoms with Gasteiger partial charge in [-0.3, -0.25) is 4.68 Å². The molecule has 0 saturated carbocycles. The van der Waals surface area contributed by atoms with Crippen molar-refractivity contribution in [1.29, 1.82) is 0 Å². The van der Waals surface area contributed by atoms with Gasteiger partial charge >= 0.3 is 0 Å². The number of benzene rings is 1. The van der Waals surface area contributed by atoms with Gasteiger partial charge in [-0.05, 0) is 25.1 Å². The Morgan fingerprint density at radius 1 is 1.39 bits per heavy atom. The summed E-state index contributed by atoms with van der Waals surface area (Å²) in [5.74, 6) is 0. The molecule has 92 valence electrons. The first-order valence-electron chi connectivity index (χ1n) is 5.63. The maximum atomic E-state index is 6.07. The van der Waals surface area contributed by atoms with E-state index in [1.807, 2.05) is 32.2 Å². The molecule has 4 nitrogen and oxygen atoms in total. The Balaban J connectivity index is 2.41. The molecule has 0 aliphatic carbocycles. The van der Waals surface area contributed by atoms with Crippen molar-refractivity contribution in [3.63, 3.8) is 0 Å². The highest BCUT2D eigenvalue weighted by Gasteiger charge is 2.16. The third kappa shape index (κ3) is 1.49. The van der Waals surface area contributed by atoms with Crippen LogP contribution in [-0.4, -0.2) is 14.8 Å². The number of halogens is 1. The summed E-state index contributed by atoms with van der Waals surface area (Å²) in [6, 6.07) is 5.79. The summed E-state index contributed by atoms with van der Waals surface area (Å²) < 4.78 is 1.78. The molecule has 0 unspecified atom stereocenters. The van der Waals surface area contributed by atoms with Crippen LogP contribution in [0, 0.1) is 6.92 Å². The normalized spacial score (nSPS) is 11.3. The number of nitrogen functional groups attached to an aromatic ring is 1. The fourth-order valence-electron chi connectivity index (χ4n) is 2.36. The van der Waals surface area contributed by atoms with Crippen LogP contribution in [0.15, 0.2) is 24.4 Å². The smallest absolute Gasteiger partial charge is 0.0932 e. The van der Waals surface area contributed by atoms with E-state index < -0.39 is 0 Å². The molecule has 0 saturated heterocycles. The first-order valence-corrected chi connectivity index (χ1v) is 6.01. The third-order valence-corrected chi connectivity index (χ3v) is 3.39. The largest absolute Gasteiger partial charge is 0.396 e. The molecule has 5 heteroatoms. The van der Waals surface area contributed by atoms with Gasteiger partial charge in [0, 0.05) is 34.2 Å². The third-order valence-electron chi connectivity index (χ3n) is 3.15. The molecule has 18 heavy (non-hydrogen) atoms. The van der Waals surface area contributed by atoms with Crippen LogP contribution in [0.4, 0.5) is 5.69 Å². The second kappa shape index (κ2) is 3.78. The van der Waals surface area contributed by atoms with Crippen LogP contribution in [0.5, 0.6) is 0 Å². The Labute approximate surface area is 109 Å². The second-order valence-corrected chi connectivity index (χ2v) is 4.82. The molecule has 3 rings (SSSR count). The summed E-state index contributed by atoms with van der Waals surface area (Å²) in [5, 5.41) is 5.96. The Morgan fingerprint density at radius 2 is 2.17 bits per heavy atom. The molecule has 1 aromatic carbocycles. The fourth-order valence-corrected chi connectivity index (χ4v) is 2.54. The molecule has 0 aliphatic rings. The van der Waals surface area contributed by atoms with Crippen molar-refractivity contribution in [2.24, 2.45) is 7.05 Å². The summed E-state index contributed by atoms with van der Waals surface area (Å²) in [5.41, 5.74) is 10.8. The van der Waals surface area contributed by atoms with Crippen molar-refractivity contribution in [2.75, 3.05) is 5.73 Å². The van der Waals surface area contributed by atoms with Gasteiger partial charge in [-0.15, -0.1) is 0 Å². The molecule has 0 fully saturated rings. The van der Waals surface area contributed by atoms with Crippen molar-refractivity contribution < 1.29 is 0 Å². The van der Waals surface area contributed by atoms with Gasteiger partial charge in [0.25, 0.3) is 0 Å². The zero-order valence-electron chi connectivity index (χ0n) is 10.2. The van der Waals surface area contributed by atoms with Crippen LogP contribution in [0.2, 0.25) is 5.02 Å². The van der Waals surface area contributed by atoms with Gasteiger partial charge in [-0.2, -0.15) is 5.10 Å². The van der Waals surface area contributed by atoms with Crippen LogP contribution in [-0.2, 0) is 7.05 Å². The lowest BCUT2D eigenvalue weighted by molar-refractivity contribution is 0.776. The van der Waals surface area contributed by atoms with Crippen molar-refractivity contribution in [3.05, 3.63) is 35.1 Å². The van der Waals surface area contributed by atoms with Crippen LogP contribution in [0.25, 0.3) is 22.2 Å².